The molecule has 5 heteroatoms. The first-order valence-electron chi connectivity index (χ1n) is 5.00. The molecule has 0 fully saturated rings. The number of hydrogen-bond donors (Lipinski definition) is 1. The van der Waals surface area contributed by atoms with Gasteiger partial charge in [0, 0.05) is 6.07 Å². The Balaban J connectivity index is 2.54. The van der Waals surface area contributed by atoms with Gasteiger partial charge in [-0.1, -0.05) is 0 Å². The summed E-state index contributed by atoms with van der Waals surface area (Å²) in [4.78, 5) is 25.9. The molecule has 1 aromatic rings. The SMILES string of the molecule is CCOc1ccc(NC(=O)CC(C)=O)cn1. The molecular formula is C11H14N2O3. The van der Waals surface area contributed by atoms with Gasteiger partial charge in [0.05, 0.1) is 24.9 Å². The van der Waals surface area contributed by atoms with E-state index in [0.717, 1.165) is 0 Å². The Morgan fingerprint density at radius 1 is 1.44 bits per heavy atom. The predicted octanol–water partition coefficient (Wildman–Crippen LogP) is 1.40. The van der Waals surface area contributed by atoms with Crippen molar-refractivity contribution in [3.63, 3.8) is 0 Å². The molecular weight excluding hydrogens is 208 g/mol. The summed E-state index contributed by atoms with van der Waals surface area (Å²) >= 11 is 0. The van der Waals surface area contributed by atoms with Gasteiger partial charge < -0.3 is 10.1 Å². The van der Waals surface area contributed by atoms with Crippen molar-refractivity contribution in [3.05, 3.63) is 18.3 Å². The van der Waals surface area contributed by atoms with E-state index in [1.54, 1.807) is 12.1 Å². The van der Waals surface area contributed by atoms with Gasteiger partial charge in [-0.05, 0) is 19.9 Å². The Bertz CT molecular complexity index is 373. The van der Waals surface area contributed by atoms with Crippen LogP contribution in [-0.4, -0.2) is 23.3 Å². The van der Waals surface area contributed by atoms with Crippen molar-refractivity contribution < 1.29 is 14.3 Å². The second-order valence-electron chi connectivity index (χ2n) is 3.25. The minimum absolute atomic E-state index is 0.118. The lowest BCUT2D eigenvalue weighted by Crippen LogP contribution is -2.14. The van der Waals surface area contributed by atoms with Crippen LogP contribution in [-0.2, 0) is 9.59 Å². The number of ether oxygens (including phenoxy) is 1. The Kier molecular flexibility index (Phi) is 4.44. The van der Waals surface area contributed by atoms with Crippen molar-refractivity contribution in [2.45, 2.75) is 20.3 Å². The Labute approximate surface area is 93.8 Å². The van der Waals surface area contributed by atoms with Crippen LogP contribution in [0.2, 0.25) is 0 Å². The molecule has 1 aromatic heterocycles. The highest BCUT2D eigenvalue weighted by atomic mass is 16.5. The van der Waals surface area contributed by atoms with Gasteiger partial charge in [0.25, 0.3) is 0 Å². The second kappa shape index (κ2) is 5.85. The van der Waals surface area contributed by atoms with E-state index < -0.39 is 0 Å². The van der Waals surface area contributed by atoms with Crippen molar-refractivity contribution in [3.8, 4) is 5.88 Å². The third-order valence-electron chi connectivity index (χ3n) is 1.72. The molecule has 0 bridgehead atoms. The fourth-order valence-corrected chi connectivity index (χ4v) is 1.12. The third kappa shape index (κ3) is 4.08. The molecule has 1 N–H and O–H groups in total. The van der Waals surface area contributed by atoms with Gasteiger partial charge in [-0.25, -0.2) is 4.98 Å². The first kappa shape index (κ1) is 12.2. The van der Waals surface area contributed by atoms with E-state index in [4.69, 9.17) is 4.74 Å². The van der Waals surface area contributed by atoms with Gasteiger partial charge in [-0.3, -0.25) is 9.59 Å². The lowest BCUT2D eigenvalue weighted by Gasteiger charge is -2.05. The van der Waals surface area contributed by atoms with Crippen LogP contribution in [0, 0.1) is 0 Å². The summed E-state index contributed by atoms with van der Waals surface area (Å²) in [6, 6.07) is 3.34. The van der Waals surface area contributed by atoms with Crippen LogP contribution >= 0.6 is 0 Å². The van der Waals surface area contributed by atoms with E-state index in [9.17, 15) is 9.59 Å². The first-order chi connectivity index (χ1) is 7.61. The number of ketones is 1. The van der Waals surface area contributed by atoms with Crippen LogP contribution in [0.5, 0.6) is 5.88 Å². The summed E-state index contributed by atoms with van der Waals surface area (Å²) in [5.74, 6) is 0.00178. The fourth-order valence-electron chi connectivity index (χ4n) is 1.12. The number of nitrogens with zero attached hydrogens (tertiary/aromatic N) is 1. The number of nitrogens with one attached hydrogen (secondary N) is 1. The minimum atomic E-state index is -0.335. The largest absolute Gasteiger partial charge is 0.478 e. The molecule has 0 aliphatic rings. The molecule has 1 amide bonds. The van der Waals surface area contributed by atoms with Crippen LogP contribution in [0.3, 0.4) is 0 Å². The molecule has 1 heterocycles. The number of carbonyl (C=O) groups is 2. The molecule has 0 saturated carbocycles. The van der Waals surface area contributed by atoms with E-state index in [1.165, 1.54) is 13.1 Å². The molecule has 0 unspecified atom stereocenters. The van der Waals surface area contributed by atoms with Gasteiger partial charge in [-0.15, -0.1) is 0 Å². The zero-order valence-corrected chi connectivity index (χ0v) is 9.32. The normalized spacial score (nSPS) is 9.62. The highest BCUT2D eigenvalue weighted by molar-refractivity contribution is 6.03. The molecule has 0 aliphatic heterocycles. The molecule has 1 rings (SSSR count). The molecule has 0 atom stereocenters. The highest BCUT2D eigenvalue weighted by Gasteiger charge is 2.05. The average molecular weight is 222 g/mol. The standard InChI is InChI=1S/C11H14N2O3/c1-3-16-11-5-4-9(7-12-11)13-10(15)6-8(2)14/h4-5,7H,3,6H2,1-2H3,(H,13,15). The molecule has 16 heavy (non-hydrogen) atoms. The third-order valence-corrected chi connectivity index (χ3v) is 1.72. The van der Waals surface area contributed by atoms with E-state index >= 15 is 0 Å². The van der Waals surface area contributed by atoms with Gasteiger partial charge in [0.1, 0.15) is 5.78 Å². The summed E-state index contributed by atoms with van der Waals surface area (Å²) < 4.78 is 5.15. The monoisotopic (exact) mass is 222 g/mol. The van der Waals surface area contributed by atoms with E-state index in [-0.39, 0.29) is 18.1 Å². The molecule has 0 aliphatic carbocycles. The summed E-state index contributed by atoms with van der Waals surface area (Å²) in [6.07, 6.45) is 1.37. The van der Waals surface area contributed by atoms with Crippen molar-refractivity contribution >= 4 is 17.4 Å². The first-order valence-corrected chi connectivity index (χ1v) is 5.00. The van der Waals surface area contributed by atoms with Crippen LogP contribution in [0.15, 0.2) is 18.3 Å². The van der Waals surface area contributed by atoms with Crippen LogP contribution in [0.4, 0.5) is 5.69 Å². The van der Waals surface area contributed by atoms with Crippen molar-refractivity contribution in [1.82, 2.24) is 4.98 Å². The Morgan fingerprint density at radius 2 is 2.19 bits per heavy atom. The Hall–Kier alpha value is -1.91. The summed E-state index contributed by atoms with van der Waals surface area (Å²) in [6.45, 7) is 3.78. The summed E-state index contributed by atoms with van der Waals surface area (Å²) in [5, 5.41) is 2.56. The van der Waals surface area contributed by atoms with Crippen LogP contribution < -0.4 is 10.1 Å². The average Bonchev–Trinajstić information content (AvgIpc) is 2.20. The Morgan fingerprint density at radius 3 is 2.69 bits per heavy atom. The second-order valence-corrected chi connectivity index (χ2v) is 3.25. The predicted molar refractivity (Wildman–Crippen MR) is 59.3 cm³/mol. The fraction of sp³-hybridized carbons (Fsp3) is 0.364. The minimum Gasteiger partial charge on any atom is -0.478 e. The molecule has 0 spiro atoms. The number of amides is 1. The van der Waals surface area contributed by atoms with Gasteiger partial charge in [-0.2, -0.15) is 0 Å². The van der Waals surface area contributed by atoms with Crippen molar-refractivity contribution in [2.75, 3.05) is 11.9 Å². The number of Topliss-reactive ketones (excluding diaryl/α,β-unsaturated/α-hetero) is 1. The topological polar surface area (TPSA) is 68.3 Å². The van der Waals surface area contributed by atoms with Crippen LogP contribution in [0.1, 0.15) is 20.3 Å². The number of pyridine rings is 1. The quantitative estimate of drug-likeness (QED) is 0.764. The maximum absolute atomic E-state index is 11.2. The summed E-state index contributed by atoms with van der Waals surface area (Å²) in [5.41, 5.74) is 0.551. The zero-order valence-electron chi connectivity index (χ0n) is 9.32. The van der Waals surface area contributed by atoms with Crippen molar-refractivity contribution in [2.24, 2.45) is 0 Å². The molecule has 86 valence electrons. The number of rotatable bonds is 5. The van der Waals surface area contributed by atoms with Gasteiger partial charge in [0.15, 0.2) is 0 Å². The number of hydrogen-bond acceptors (Lipinski definition) is 4. The van der Waals surface area contributed by atoms with Gasteiger partial charge >= 0.3 is 0 Å². The van der Waals surface area contributed by atoms with E-state index in [1.807, 2.05) is 6.92 Å². The summed E-state index contributed by atoms with van der Waals surface area (Å²) in [7, 11) is 0. The molecule has 5 nitrogen and oxygen atoms in total. The lowest BCUT2D eigenvalue weighted by atomic mass is 10.3. The maximum Gasteiger partial charge on any atom is 0.231 e. The molecule has 0 aromatic carbocycles. The lowest BCUT2D eigenvalue weighted by molar-refractivity contribution is -0.124. The van der Waals surface area contributed by atoms with Gasteiger partial charge in [0.2, 0.25) is 11.8 Å². The smallest absolute Gasteiger partial charge is 0.231 e. The molecule has 0 saturated heterocycles. The van der Waals surface area contributed by atoms with Crippen LogP contribution in [0.25, 0.3) is 0 Å². The van der Waals surface area contributed by atoms with E-state index in [2.05, 4.69) is 10.3 Å². The number of anilines is 1. The number of aromatic nitrogens is 1. The maximum atomic E-state index is 11.2. The zero-order chi connectivity index (χ0) is 12.0. The number of carbonyl (C=O) groups excluding carboxylic acids is 2. The highest BCUT2D eigenvalue weighted by Crippen LogP contribution is 2.11. The van der Waals surface area contributed by atoms with Crippen molar-refractivity contribution in [1.29, 1.82) is 0 Å². The van der Waals surface area contributed by atoms with E-state index in [0.29, 0.717) is 18.2 Å². The molecule has 0 radical (unpaired) electrons.